The first kappa shape index (κ1) is 8.96. The first-order valence-electron chi connectivity index (χ1n) is 4.97. The lowest BCUT2D eigenvalue weighted by atomic mass is 10.1. The van der Waals surface area contributed by atoms with Crippen LogP contribution in [-0.2, 0) is 7.05 Å². The van der Waals surface area contributed by atoms with Crippen LogP contribution in [-0.4, -0.2) is 19.7 Å². The molecule has 2 heterocycles. The van der Waals surface area contributed by atoms with Crippen LogP contribution in [0.4, 0.5) is 5.95 Å². The molecule has 0 spiro atoms. The molecule has 5 nitrogen and oxygen atoms in total. The van der Waals surface area contributed by atoms with Gasteiger partial charge in [-0.25, -0.2) is 4.98 Å². The highest BCUT2D eigenvalue weighted by Crippen LogP contribution is 2.24. The van der Waals surface area contributed by atoms with Crippen molar-refractivity contribution < 1.29 is 0 Å². The minimum Gasteiger partial charge on any atom is -0.369 e. The van der Waals surface area contributed by atoms with Crippen LogP contribution in [0.2, 0.25) is 0 Å². The Hall–Kier alpha value is -2.30. The average Bonchev–Trinajstić information content (AvgIpc) is 2.88. The number of hydrogen-bond donors (Lipinski definition) is 2. The summed E-state index contributed by atoms with van der Waals surface area (Å²) in [5.74, 6) is 0.527. The summed E-state index contributed by atoms with van der Waals surface area (Å²) in [5, 5.41) is 6.72. The van der Waals surface area contributed by atoms with Crippen molar-refractivity contribution in [3.05, 3.63) is 30.6 Å². The maximum Gasteiger partial charge on any atom is 0.200 e. The van der Waals surface area contributed by atoms with Crippen LogP contribution in [0.1, 0.15) is 0 Å². The Morgan fingerprint density at radius 2 is 2.19 bits per heavy atom. The van der Waals surface area contributed by atoms with E-state index in [9.17, 15) is 0 Å². The SMILES string of the molecule is Cn1c(N)nc2cc(-c3cn[nH]c3)ccc21. The quantitative estimate of drug-likeness (QED) is 0.644. The smallest absolute Gasteiger partial charge is 0.200 e. The van der Waals surface area contributed by atoms with E-state index in [1.54, 1.807) is 6.20 Å². The maximum atomic E-state index is 5.75. The van der Waals surface area contributed by atoms with Crippen LogP contribution in [0.25, 0.3) is 22.2 Å². The van der Waals surface area contributed by atoms with Crippen molar-refractivity contribution in [1.82, 2.24) is 19.7 Å². The van der Waals surface area contributed by atoms with Gasteiger partial charge >= 0.3 is 0 Å². The fraction of sp³-hybridized carbons (Fsp3) is 0.0909. The number of imidazole rings is 1. The Labute approximate surface area is 91.9 Å². The second kappa shape index (κ2) is 3.10. The van der Waals surface area contributed by atoms with Gasteiger partial charge in [-0.15, -0.1) is 0 Å². The Kier molecular flexibility index (Phi) is 1.73. The van der Waals surface area contributed by atoms with Gasteiger partial charge in [-0.1, -0.05) is 6.07 Å². The molecule has 0 fully saturated rings. The standard InChI is InChI=1S/C11H11N5/c1-16-10-3-2-7(8-5-13-14-6-8)4-9(10)15-11(16)12/h2-6H,1H3,(H2,12,15)(H,13,14). The van der Waals surface area contributed by atoms with E-state index in [0.29, 0.717) is 5.95 Å². The van der Waals surface area contributed by atoms with Gasteiger partial charge < -0.3 is 10.3 Å². The second-order valence-electron chi connectivity index (χ2n) is 3.72. The minimum atomic E-state index is 0.527. The van der Waals surface area contributed by atoms with Crippen molar-refractivity contribution in [3.63, 3.8) is 0 Å². The molecule has 0 atom stereocenters. The zero-order chi connectivity index (χ0) is 11.1. The van der Waals surface area contributed by atoms with E-state index < -0.39 is 0 Å². The van der Waals surface area contributed by atoms with Gasteiger partial charge in [0, 0.05) is 18.8 Å². The van der Waals surface area contributed by atoms with E-state index in [0.717, 1.165) is 22.2 Å². The highest BCUT2D eigenvalue weighted by molar-refractivity contribution is 5.83. The molecular formula is C11H11N5. The van der Waals surface area contributed by atoms with Crippen LogP contribution in [0.5, 0.6) is 0 Å². The van der Waals surface area contributed by atoms with Gasteiger partial charge in [0.25, 0.3) is 0 Å². The molecule has 1 aromatic carbocycles. The number of rotatable bonds is 1. The average molecular weight is 213 g/mol. The van der Waals surface area contributed by atoms with Crippen LogP contribution in [0, 0.1) is 0 Å². The molecular weight excluding hydrogens is 202 g/mol. The molecule has 0 aliphatic heterocycles. The first-order chi connectivity index (χ1) is 7.75. The van der Waals surface area contributed by atoms with Crippen molar-refractivity contribution in [2.24, 2.45) is 7.05 Å². The predicted molar refractivity (Wildman–Crippen MR) is 62.7 cm³/mol. The molecule has 0 bridgehead atoms. The molecule has 0 radical (unpaired) electrons. The summed E-state index contributed by atoms with van der Waals surface area (Å²) in [6.45, 7) is 0. The van der Waals surface area contributed by atoms with E-state index in [4.69, 9.17) is 5.73 Å². The Morgan fingerprint density at radius 3 is 2.94 bits per heavy atom. The third kappa shape index (κ3) is 1.18. The number of aromatic nitrogens is 4. The number of nitrogens with zero attached hydrogens (tertiary/aromatic N) is 3. The summed E-state index contributed by atoms with van der Waals surface area (Å²) in [5.41, 5.74) is 9.82. The number of benzene rings is 1. The lowest BCUT2D eigenvalue weighted by Crippen LogP contribution is -1.95. The van der Waals surface area contributed by atoms with E-state index in [-0.39, 0.29) is 0 Å². The van der Waals surface area contributed by atoms with Gasteiger partial charge in [-0.2, -0.15) is 5.10 Å². The van der Waals surface area contributed by atoms with E-state index in [1.165, 1.54) is 0 Å². The number of nitrogen functional groups attached to an aromatic ring is 1. The molecule has 0 unspecified atom stereocenters. The fourth-order valence-electron chi connectivity index (χ4n) is 1.81. The van der Waals surface area contributed by atoms with Crippen LogP contribution >= 0.6 is 0 Å². The molecule has 3 rings (SSSR count). The number of nitrogens with two attached hydrogens (primary N) is 1. The van der Waals surface area contributed by atoms with E-state index in [2.05, 4.69) is 15.2 Å². The molecule has 80 valence electrons. The van der Waals surface area contributed by atoms with Crippen molar-refractivity contribution in [2.45, 2.75) is 0 Å². The number of nitrogens with one attached hydrogen (secondary N) is 1. The zero-order valence-corrected chi connectivity index (χ0v) is 8.81. The number of fused-ring (bicyclic) bond motifs is 1. The zero-order valence-electron chi connectivity index (χ0n) is 8.81. The van der Waals surface area contributed by atoms with Crippen LogP contribution in [0.3, 0.4) is 0 Å². The summed E-state index contributed by atoms with van der Waals surface area (Å²) >= 11 is 0. The molecule has 5 heteroatoms. The number of aromatic amines is 1. The topological polar surface area (TPSA) is 72.5 Å². The third-order valence-electron chi connectivity index (χ3n) is 2.75. The maximum absolute atomic E-state index is 5.75. The van der Waals surface area contributed by atoms with Crippen LogP contribution in [0.15, 0.2) is 30.6 Å². The van der Waals surface area contributed by atoms with Gasteiger partial charge in [-0.3, -0.25) is 5.10 Å². The van der Waals surface area contributed by atoms with Crippen molar-refractivity contribution in [1.29, 1.82) is 0 Å². The number of hydrogen-bond acceptors (Lipinski definition) is 3. The van der Waals surface area contributed by atoms with Crippen molar-refractivity contribution >= 4 is 17.0 Å². The lowest BCUT2D eigenvalue weighted by Gasteiger charge is -1.98. The minimum absolute atomic E-state index is 0.527. The van der Waals surface area contributed by atoms with E-state index in [1.807, 2.05) is 36.0 Å². The Bertz CT molecular complexity index is 636. The molecule has 0 aliphatic rings. The second-order valence-corrected chi connectivity index (χ2v) is 3.72. The summed E-state index contributed by atoms with van der Waals surface area (Å²) in [4.78, 5) is 4.29. The number of H-pyrrole nitrogens is 1. The van der Waals surface area contributed by atoms with Gasteiger partial charge in [0.2, 0.25) is 5.95 Å². The summed E-state index contributed by atoms with van der Waals surface area (Å²) in [6, 6.07) is 6.06. The molecule has 0 amide bonds. The summed E-state index contributed by atoms with van der Waals surface area (Å²) < 4.78 is 1.87. The Balaban J connectivity index is 2.24. The molecule has 0 aliphatic carbocycles. The largest absolute Gasteiger partial charge is 0.369 e. The van der Waals surface area contributed by atoms with Crippen molar-refractivity contribution in [3.8, 4) is 11.1 Å². The fourth-order valence-corrected chi connectivity index (χ4v) is 1.81. The third-order valence-corrected chi connectivity index (χ3v) is 2.75. The molecule has 0 saturated heterocycles. The number of anilines is 1. The molecule has 2 aromatic heterocycles. The van der Waals surface area contributed by atoms with E-state index >= 15 is 0 Å². The lowest BCUT2D eigenvalue weighted by molar-refractivity contribution is 0.965. The van der Waals surface area contributed by atoms with Gasteiger partial charge in [0.15, 0.2) is 0 Å². The monoisotopic (exact) mass is 213 g/mol. The highest BCUT2D eigenvalue weighted by Gasteiger charge is 2.06. The Morgan fingerprint density at radius 1 is 1.31 bits per heavy atom. The van der Waals surface area contributed by atoms with Gasteiger partial charge in [0.1, 0.15) is 0 Å². The van der Waals surface area contributed by atoms with Crippen LogP contribution < -0.4 is 5.73 Å². The highest BCUT2D eigenvalue weighted by atomic mass is 15.1. The predicted octanol–water partition coefficient (Wildman–Crippen LogP) is 1.55. The number of aryl methyl sites for hydroxylation is 1. The first-order valence-corrected chi connectivity index (χ1v) is 4.97. The molecule has 3 N–H and O–H groups in total. The molecule has 3 aromatic rings. The van der Waals surface area contributed by atoms with Gasteiger partial charge in [-0.05, 0) is 17.7 Å². The molecule has 16 heavy (non-hydrogen) atoms. The van der Waals surface area contributed by atoms with Gasteiger partial charge in [0.05, 0.1) is 17.2 Å². The molecule has 0 saturated carbocycles. The normalized spacial score (nSPS) is 11.1. The van der Waals surface area contributed by atoms with Crippen molar-refractivity contribution in [2.75, 3.05) is 5.73 Å². The summed E-state index contributed by atoms with van der Waals surface area (Å²) in [7, 11) is 1.90. The summed E-state index contributed by atoms with van der Waals surface area (Å²) in [6.07, 6.45) is 3.64.